The fourth-order valence-electron chi connectivity index (χ4n) is 4.43. The number of nitrogens with zero attached hydrogens (tertiary/aromatic N) is 2. The van der Waals surface area contributed by atoms with Gasteiger partial charge in [0.1, 0.15) is 11.6 Å². The molecule has 2 aromatic heterocycles. The number of halogens is 1. The molecule has 200 valence electrons. The maximum Gasteiger partial charge on any atom is 0.136 e. The number of rotatable bonds is 6. The lowest BCUT2D eigenvalue weighted by molar-refractivity contribution is 0.411. The molecular weight excluding hydrogens is 483 g/mol. The van der Waals surface area contributed by atoms with E-state index < -0.39 is 5.82 Å². The number of pyridine rings is 2. The van der Waals surface area contributed by atoms with E-state index in [0.29, 0.717) is 28.4 Å². The summed E-state index contributed by atoms with van der Waals surface area (Å²) in [5.41, 5.74) is 8.42. The predicted molar refractivity (Wildman–Crippen MR) is 162 cm³/mol. The van der Waals surface area contributed by atoms with Gasteiger partial charge in [0.25, 0.3) is 0 Å². The van der Waals surface area contributed by atoms with E-state index in [0.717, 1.165) is 22.3 Å². The minimum absolute atomic E-state index is 0.0439. The normalized spacial score (nSPS) is 11.8. The van der Waals surface area contributed by atoms with Gasteiger partial charge in [0, 0.05) is 17.8 Å². The number of aromatic nitrogens is 2. The van der Waals surface area contributed by atoms with E-state index >= 15 is 4.39 Å². The van der Waals surface area contributed by atoms with Crippen molar-refractivity contribution in [3.8, 4) is 39.5 Å². The minimum atomic E-state index is -0.398. The molecule has 0 N–H and O–H groups in total. The van der Waals surface area contributed by atoms with Crippen molar-refractivity contribution in [2.45, 2.75) is 52.4 Å². The maximum atomic E-state index is 15.3. The minimum Gasteiger partial charge on any atom is -0.497 e. The molecular formula is C35H37FN2O. The molecule has 0 bridgehead atoms. The highest BCUT2D eigenvalue weighted by Crippen LogP contribution is 2.37. The van der Waals surface area contributed by atoms with E-state index in [9.17, 15) is 0 Å². The molecule has 0 saturated heterocycles. The molecule has 4 aromatic rings. The second kappa shape index (κ2) is 10.6. The highest BCUT2D eigenvalue weighted by Gasteiger charge is 2.22. The number of hydrogen-bond donors (Lipinski definition) is 0. The number of methoxy groups -OCH3 is 1. The van der Waals surface area contributed by atoms with Crippen LogP contribution in [0.5, 0.6) is 5.75 Å². The lowest BCUT2D eigenvalue weighted by atomic mass is 9.79. The zero-order chi connectivity index (χ0) is 28.5. The summed E-state index contributed by atoms with van der Waals surface area (Å²) in [6.07, 6.45) is 5.29. The van der Waals surface area contributed by atoms with Crippen LogP contribution in [0.3, 0.4) is 0 Å². The third kappa shape index (κ3) is 6.01. The highest BCUT2D eigenvalue weighted by molar-refractivity contribution is 5.78. The van der Waals surface area contributed by atoms with E-state index in [4.69, 9.17) is 9.72 Å². The van der Waals surface area contributed by atoms with Crippen LogP contribution in [0.1, 0.15) is 63.8 Å². The number of benzene rings is 2. The van der Waals surface area contributed by atoms with Crippen molar-refractivity contribution in [3.05, 3.63) is 102 Å². The van der Waals surface area contributed by atoms with Crippen LogP contribution >= 0.6 is 0 Å². The molecule has 0 radical (unpaired) electrons. The summed E-state index contributed by atoms with van der Waals surface area (Å²) in [5, 5.41) is 0. The molecule has 4 heteroatoms. The molecule has 3 nitrogen and oxygen atoms in total. The summed E-state index contributed by atoms with van der Waals surface area (Å²) >= 11 is 0. The molecule has 0 atom stereocenters. The molecule has 0 amide bonds. The Labute approximate surface area is 232 Å². The quantitative estimate of drug-likeness (QED) is 0.254. The van der Waals surface area contributed by atoms with E-state index in [1.54, 1.807) is 30.5 Å². The van der Waals surface area contributed by atoms with E-state index in [1.807, 2.05) is 18.2 Å². The fourth-order valence-corrected chi connectivity index (χ4v) is 4.43. The summed E-state index contributed by atoms with van der Waals surface area (Å²) in [6, 6.07) is 17.5. The maximum absolute atomic E-state index is 15.3. The molecule has 39 heavy (non-hydrogen) atoms. The van der Waals surface area contributed by atoms with Crippen LogP contribution in [-0.2, 0) is 10.8 Å². The predicted octanol–water partition coefficient (Wildman–Crippen LogP) is 9.51. The Morgan fingerprint density at radius 3 is 1.85 bits per heavy atom. The molecule has 0 aliphatic carbocycles. The van der Waals surface area contributed by atoms with Gasteiger partial charge in [-0.3, -0.25) is 4.98 Å². The van der Waals surface area contributed by atoms with Gasteiger partial charge in [-0.2, -0.15) is 0 Å². The van der Waals surface area contributed by atoms with Gasteiger partial charge >= 0.3 is 0 Å². The largest absolute Gasteiger partial charge is 0.497 e. The van der Waals surface area contributed by atoms with Crippen molar-refractivity contribution in [1.82, 2.24) is 9.97 Å². The van der Waals surface area contributed by atoms with Crippen LogP contribution in [0.4, 0.5) is 4.39 Å². The first-order valence-corrected chi connectivity index (χ1v) is 13.1. The standard InChI is InChI=1S/C35H37FN2O/c1-10-22-16-32(37-21-23(22)11-2)33-18-25(17-31(38-33)29-13-12-28(39-9)20-30(29)36)24-14-26(34(3,4)5)19-27(15-24)35(6,7)8/h10-21H,1-2H2,3-9H3. The van der Waals surface area contributed by atoms with Crippen LogP contribution in [0, 0.1) is 5.82 Å². The third-order valence-corrected chi connectivity index (χ3v) is 6.95. The Balaban J connectivity index is 2.02. The Bertz CT molecular complexity index is 1520. The van der Waals surface area contributed by atoms with Crippen LogP contribution in [0.25, 0.3) is 45.9 Å². The van der Waals surface area contributed by atoms with Crippen LogP contribution < -0.4 is 4.74 Å². The second-order valence-electron chi connectivity index (χ2n) is 11.9. The summed E-state index contributed by atoms with van der Waals surface area (Å²) in [7, 11) is 1.52. The van der Waals surface area contributed by atoms with Gasteiger partial charge in [-0.05, 0) is 74.5 Å². The Kier molecular flexibility index (Phi) is 7.61. The monoisotopic (exact) mass is 520 g/mol. The SMILES string of the molecule is C=Cc1cnc(-c2cc(-c3cc(C(C)(C)C)cc(C(C)(C)C)c3)cc(-c3ccc(OC)cc3F)n2)cc1C=C. The summed E-state index contributed by atoms with van der Waals surface area (Å²) in [4.78, 5) is 9.55. The average molecular weight is 521 g/mol. The second-order valence-corrected chi connectivity index (χ2v) is 11.9. The van der Waals surface area contributed by atoms with Crippen molar-refractivity contribution in [2.24, 2.45) is 0 Å². The first-order valence-electron chi connectivity index (χ1n) is 13.1. The van der Waals surface area contributed by atoms with Crippen LogP contribution in [0.15, 0.2) is 74.0 Å². The highest BCUT2D eigenvalue weighted by atomic mass is 19.1. The van der Waals surface area contributed by atoms with Gasteiger partial charge in [-0.1, -0.05) is 85.1 Å². The van der Waals surface area contributed by atoms with Gasteiger partial charge < -0.3 is 4.74 Å². The summed E-state index contributed by atoms with van der Waals surface area (Å²) < 4.78 is 20.5. The van der Waals surface area contributed by atoms with Crippen molar-refractivity contribution >= 4 is 12.2 Å². The molecule has 0 unspecified atom stereocenters. The molecule has 2 heterocycles. The lowest BCUT2D eigenvalue weighted by Crippen LogP contribution is -2.16. The number of hydrogen-bond acceptors (Lipinski definition) is 3. The Hall–Kier alpha value is -4.05. The summed E-state index contributed by atoms with van der Waals surface area (Å²) in [5.74, 6) is 0.0585. The molecule has 0 aliphatic rings. The Morgan fingerprint density at radius 1 is 0.718 bits per heavy atom. The summed E-state index contributed by atoms with van der Waals surface area (Å²) in [6.45, 7) is 21.1. The van der Waals surface area contributed by atoms with Crippen molar-refractivity contribution in [1.29, 1.82) is 0 Å². The van der Waals surface area contributed by atoms with Crippen molar-refractivity contribution in [2.75, 3.05) is 7.11 Å². The topological polar surface area (TPSA) is 35.0 Å². The van der Waals surface area contributed by atoms with Gasteiger partial charge in [-0.25, -0.2) is 9.37 Å². The zero-order valence-electron chi connectivity index (χ0n) is 24.0. The molecule has 0 saturated carbocycles. The molecule has 2 aromatic carbocycles. The molecule has 0 fully saturated rings. The van der Waals surface area contributed by atoms with Crippen molar-refractivity contribution in [3.63, 3.8) is 0 Å². The average Bonchev–Trinajstić information content (AvgIpc) is 2.91. The van der Waals surface area contributed by atoms with E-state index in [-0.39, 0.29) is 10.8 Å². The van der Waals surface area contributed by atoms with Gasteiger partial charge in [0.15, 0.2) is 0 Å². The van der Waals surface area contributed by atoms with Gasteiger partial charge in [0.2, 0.25) is 0 Å². The van der Waals surface area contributed by atoms with E-state index in [1.165, 1.54) is 24.3 Å². The number of ether oxygens (including phenoxy) is 1. The first-order chi connectivity index (χ1) is 18.3. The van der Waals surface area contributed by atoms with Crippen molar-refractivity contribution < 1.29 is 9.13 Å². The van der Waals surface area contributed by atoms with Gasteiger partial charge in [-0.15, -0.1) is 0 Å². The Morgan fingerprint density at radius 2 is 1.31 bits per heavy atom. The molecule has 4 rings (SSSR count). The lowest BCUT2D eigenvalue weighted by Gasteiger charge is -2.26. The van der Waals surface area contributed by atoms with Crippen LogP contribution in [0.2, 0.25) is 0 Å². The van der Waals surface area contributed by atoms with Gasteiger partial charge in [0.05, 0.1) is 24.2 Å². The zero-order valence-corrected chi connectivity index (χ0v) is 24.0. The van der Waals surface area contributed by atoms with E-state index in [2.05, 4.69) is 77.9 Å². The molecule has 0 aliphatic heterocycles. The van der Waals surface area contributed by atoms with Crippen LogP contribution in [-0.4, -0.2) is 17.1 Å². The fraction of sp³-hybridized carbons (Fsp3) is 0.257. The smallest absolute Gasteiger partial charge is 0.136 e. The molecule has 0 spiro atoms. The third-order valence-electron chi connectivity index (χ3n) is 6.95. The first kappa shape index (κ1) is 28.0.